The van der Waals surface area contributed by atoms with E-state index in [0.29, 0.717) is 6.04 Å². The second kappa shape index (κ2) is 7.44. The minimum absolute atomic E-state index is 0.558. The van der Waals surface area contributed by atoms with E-state index in [1.165, 1.54) is 43.2 Å². The fraction of sp³-hybridized carbons (Fsp3) is 0.474. The molecule has 0 saturated heterocycles. The summed E-state index contributed by atoms with van der Waals surface area (Å²) in [4.78, 5) is 9.04. The Bertz CT molecular complexity index is 648. The van der Waals surface area contributed by atoms with Crippen molar-refractivity contribution in [2.75, 3.05) is 10.6 Å². The topological polar surface area (TPSA) is 49.8 Å². The Balaban J connectivity index is 1.65. The smallest absolute Gasteiger partial charge is 0.132 e. The Morgan fingerprint density at radius 2 is 1.78 bits per heavy atom. The molecule has 1 aliphatic rings. The highest BCUT2D eigenvalue weighted by Crippen LogP contribution is 2.22. The van der Waals surface area contributed by atoms with Crippen molar-refractivity contribution in [2.24, 2.45) is 0 Å². The number of hydrogen-bond acceptors (Lipinski definition) is 4. The summed E-state index contributed by atoms with van der Waals surface area (Å²) in [7, 11) is 0. The zero-order chi connectivity index (χ0) is 16.1. The lowest BCUT2D eigenvalue weighted by Crippen LogP contribution is -2.23. The quantitative estimate of drug-likeness (QED) is 0.856. The van der Waals surface area contributed by atoms with Crippen molar-refractivity contribution in [1.29, 1.82) is 0 Å². The SMILES string of the molecule is Cc1cccc(CNc2cc(NC3CCCCC3)nc(C)n2)c1. The van der Waals surface area contributed by atoms with Crippen molar-refractivity contribution in [2.45, 2.75) is 58.5 Å². The summed E-state index contributed by atoms with van der Waals surface area (Å²) in [6, 6.07) is 11.1. The Labute approximate surface area is 138 Å². The van der Waals surface area contributed by atoms with Gasteiger partial charge in [-0.2, -0.15) is 0 Å². The minimum Gasteiger partial charge on any atom is -0.367 e. The summed E-state index contributed by atoms with van der Waals surface area (Å²) in [5.41, 5.74) is 2.55. The maximum Gasteiger partial charge on any atom is 0.132 e. The molecule has 0 aliphatic heterocycles. The van der Waals surface area contributed by atoms with Crippen LogP contribution in [0.4, 0.5) is 11.6 Å². The van der Waals surface area contributed by atoms with E-state index >= 15 is 0 Å². The summed E-state index contributed by atoms with van der Waals surface area (Å²) in [5, 5.41) is 6.99. The summed E-state index contributed by atoms with van der Waals surface area (Å²) in [6.07, 6.45) is 6.49. The maximum absolute atomic E-state index is 4.53. The summed E-state index contributed by atoms with van der Waals surface area (Å²) in [5.74, 6) is 2.63. The van der Waals surface area contributed by atoms with E-state index < -0.39 is 0 Å². The monoisotopic (exact) mass is 310 g/mol. The van der Waals surface area contributed by atoms with Gasteiger partial charge in [0.25, 0.3) is 0 Å². The van der Waals surface area contributed by atoms with Gasteiger partial charge in [0.05, 0.1) is 0 Å². The van der Waals surface area contributed by atoms with Gasteiger partial charge < -0.3 is 10.6 Å². The van der Waals surface area contributed by atoms with E-state index in [1.807, 2.05) is 13.0 Å². The Morgan fingerprint density at radius 3 is 2.57 bits per heavy atom. The molecule has 1 aromatic heterocycles. The number of anilines is 2. The molecule has 23 heavy (non-hydrogen) atoms. The van der Waals surface area contributed by atoms with Gasteiger partial charge in [0.1, 0.15) is 17.5 Å². The molecule has 122 valence electrons. The fourth-order valence-corrected chi connectivity index (χ4v) is 3.20. The van der Waals surface area contributed by atoms with Crippen LogP contribution in [-0.4, -0.2) is 16.0 Å². The molecule has 0 radical (unpaired) electrons. The van der Waals surface area contributed by atoms with Crippen LogP contribution < -0.4 is 10.6 Å². The second-order valence-electron chi connectivity index (χ2n) is 6.51. The molecule has 2 aromatic rings. The molecule has 0 unspecified atom stereocenters. The van der Waals surface area contributed by atoms with Crippen LogP contribution in [0.2, 0.25) is 0 Å². The van der Waals surface area contributed by atoms with E-state index in [-0.39, 0.29) is 0 Å². The molecule has 0 bridgehead atoms. The van der Waals surface area contributed by atoms with E-state index in [4.69, 9.17) is 0 Å². The molecule has 1 aromatic carbocycles. The lowest BCUT2D eigenvalue weighted by Gasteiger charge is -2.23. The van der Waals surface area contributed by atoms with Crippen LogP contribution >= 0.6 is 0 Å². The highest BCUT2D eigenvalue weighted by molar-refractivity contribution is 5.48. The number of nitrogens with zero attached hydrogens (tertiary/aromatic N) is 2. The van der Waals surface area contributed by atoms with Gasteiger partial charge in [-0.1, -0.05) is 49.1 Å². The van der Waals surface area contributed by atoms with E-state index in [9.17, 15) is 0 Å². The molecule has 1 saturated carbocycles. The van der Waals surface area contributed by atoms with Crippen molar-refractivity contribution in [3.63, 3.8) is 0 Å². The predicted octanol–water partition coefficient (Wildman–Crippen LogP) is 4.45. The molecule has 0 spiro atoms. The third-order valence-electron chi connectivity index (χ3n) is 4.35. The Kier molecular flexibility index (Phi) is 5.11. The van der Waals surface area contributed by atoms with Gasteiger partial charge >= 0.3 is 0 Å². The first-order chi connectivity index (χ1) is 11.2. The van der Waals surface area contributed by atoms with Gasteiger partial charge in [-0.15, -0.1) is 0 Å². The molecule has 4 heteroatoms. The van der Waals surface area contributed by atoms with Gasteiger partial charge in [0, 0.05) is 18.7 Å². The van der Waals surface area contributed by atoms with Crippen molar-refractivity contribution < 1.29 is 0 Å². The van der Waals surface area contributed by atoms with Crippen LogP contribution in [0, 0.1) is 13.8 Å². The van der Waals surface area contributed by atoms with E-state index in [1.54, 1.807) is 0 Å². The van der Waals surface area contributed by atoms with Crippen molar-refractivity contribution >= 4 is 11.6 Å². The zero-order valence-electron chi connectivity index (χ0n) is 14.1. The predicted molar refractivity (Wildman–Crippen MR) is 95.8 cm³/mol. The summed E-state index contributed by atoms with van der Waals surface area (Å²) in [6.45, 7) is 4.84. The van der Waals surface area contributed by atoms with Crippen LogP contribution in [0.15, 0.2) is 30.3 Å². The fourth-order valence-electron chi connectivity index (χ4n) is 3.20. The van der Waals surface area contributed by atoms with Crippen molar-refractivity contribution in [3.05, 3.63) is 47.3 Å². The molecule has 2 N–H and O–H groups in total. The molecule has 0 atom stereocenters. The highest BCUT2D eigenvalue weighted by atomic mass is 15.1. The summed E-state index contributed by atoms with van der Waals surface area (Å²) >= 11 is 0. The molecular formula is C19H26N4. The normalized spacial score (nSPS) is 15.4. The van der Waals surface area contributed by atoms with Crippen molar-refractivity contribution in [3.8, 4) is 0 Å². The van der Waals surface area contributed by atoms with Gasteiger partial charge in [-0.3, -0.25) is 0 Å². The standard InChI is InChI=1S/C19H26N4/c1-14-7-6-8-16(11-14)13-20-18-12-19(22-15(2)21-18)23-17-9-4-3-5-10-17/h6-8,11-12,17H,3-5,9-10,13H2,1-2H3,(H2,20,21,22,23). The van der Waals surface area contributed by atoms with Gasteiger partial charge in [-0.05, 0) is 32.3 Å². The zero-order valence-corrected chi connectivity index (χ0v) is 14.1. The molecule has 3 rings (SSSR count). The van der Waals surface area contributed by atoms with Crippen LogP contribution in [0.3, 0.4) is 0 Å². The number of nitrogens with one attached hydrogen (secondary N) is 2. The third-order valence-corrected chi connectivity index (χ3v) is 4.35. The third kappa shape index (κ3) is 4.68. The molecule has 1 heterocycles. The van der Waals surface area contributed by atoms with E-state index in [2.05, 4.69) is 51.8 Å². The van der Waals surface area contributed by atoms with Crippen LogP contribution in [0.25, 0.3) is 0 Å². The average molecular weight is 310 g/mol. The van der Waals surface area contributed by atoms with Gasteiger partial charge in [-0.25, -0.2) is 9.97 Å². The first-order valence-electron chi connectivity index (χ1n) is 8.61. The molecule has 1 fully saturated rings. The highest BCUT2D eigenvalue weighted by Gasteiger charge is 2.14. The second-order valence-corrected chi connectivity index (χ2v) is 6.51. The van der Waals surface area contributed by atoms with Crippen LogP contribution in [0.5, 0.6) is 0 Å². The first-order valence-corrected chi connectivity index (χ1v) is 8.61. The molecular weight excluding hydrogens is 284 g/mol. The molecule has 4 nitrogen and oxygen atoms in total. The lowest BCUT2D eigenvalue weighted by molar-refractivity contribution is 0.462. The summed E-state index contributed by atoms with van der Waals surface area (Å²) < 4.78 is 0. The first kappa shape index (κ1) is 15.8. The van der Waals surface area contributed by atoms with Crippen molar-refractivity contribution in [1.82, 2.24) is 9.97 Å². The van der Waals surface area contributed by atoms with E-state index in [0.717, 1.165) is 24.0 Å². The number of aryl methyl sites for hydroxylation is 2. The minimum atomic E-state index is 0.558. The van der Waals surface area contributed by atoms with Gasteiger partial charge in [0.2, 0.25) is 0 Å². The number of rotatable bonds is 5. The van der Waals surface area contributed by atoms with Gasteiger partial charge in [0.15, 0.2) is 0 Å². The van der Waals surface area contributed by atoms with Crippen LogP contribution in [0.1, 0.15) is 49.1 Å². The number of benzene rings is 1. The van der Waals surface area contributed by atoms with Crippen LogP contribution in [-0.2, 0) is 6.54 Å². The molecule has 1 aliphatic carbocycles. The maximum atomic E-state index is 4.53. The Morgan fingerprint density at radius 1 is 1.00 bits per heavy atom. The lowest BCUT2D eigenvalue weighted by atomic mass is 9.95. The number of aromatic nitrogens is 2. The average Bonchev–Trinajstić information content (AvgIpc) is 2.53. The number of hydrogen-bond donors (Lipinski definition) is 2. The largest absolute Gasteiger partial charge is 0.367 e. The Hall–Kier alpha value is -2.10. The molecule has 0 amide bonds.